The second-order valence-corrected chi connectivity index (χ2v) is 9.75. The molecule has 1 aromatic heterocycles. The van der Waals surface area contributed by atoms with Gasteiger partial charge in [0.1, 0.15) is 0 Å². The van der Waals surface area contributed by atoms with E-state index in [1.54, 1.807) is 4.90 Å². The minimum Gasteiger partial charge on any atom is -0.481 e. The fourth-order valence-electron chi connectivity index (χ4n) is 5.50. The first-order chi connectivity index (χ1) is 17.9. The average Bonchev–Trinajstić information content (AvgIpc) is 3.28. The summed E-state index contributed by atoms with van der Waals surface area (Å²) in [6.45, 7) is 2.82. The van der Waals surface area contributed by atoms with Gasteiger partial charge in [0, 0.05) is 37.7 Å². The number of hydrogen-bond donors (Lipinski definition) is 1. The van der Waals surface area contributed by atoms with Crippen LogP contribution in [0.3, 0.4) is 0 Å². The third-order valence-corrected chi connectivity index (χ3v) is 7.41. The quantitative estimate of drug-likeness (QED) is 0.516. The first-order valence-electron chi connectivity index (χ1n) is 12.6. The Balaban J connectivity index is 1.61. The lowest BCUT2D eigenvalue weighted by Gasteiger charge is -2.29. The summed E-state index contributed by atoms with van der Waals surface area (Å²) in [6, 6.07) is 7.59. The van der Waals surface area contributed by atoms with Crippen LogP contribution in [0.5, 0.6) is 0 Å². The number of aromatic nitrogens is 2. The zero-order valence-electron chi connectivity index (χ0n) is 20.8. The second kappa shape index (κ2) is 10.4. The van der Waals surface area contributed by atoms with E-state index in [0.29, 0.717) is 25.1 Å². The smallest absolute Gasteiger partial charge is 0.409 e. The standard InChI is InChI=1S/C27H30F2N4O4/c1-37-27(36)32-12-9-17-6-8-23-25(20(17)16-32)30-26(31-10-3-2-4-11-31)33(23)15-19(14-24(34)35)18-5-7-21(28)22(29)13-18/h5-8,13,19H,2-4,9-12,14-16H2,1H3,(H,34,35)/t19-/m1/s1. The number of benzene rings is 2. The van der Waals surface area contributed by atoms with Crippen molar-refractivity contribution in [2.24, 2.45) is 0 Å². The third kappa shape index (κ3) is 4.97. The molecule has 3 aromatic rings. The van der Waals surface area contributed by atoms with Crippen molar-refractivity contribution in [3.05, 3.63) is 58.7 Å². The normalized spacial score (nSPS) is 16.5. The molecule has 0 saturated carbocycles. The van der Waals surface area contributed by atoms with Crippen LogP contribution in [-0.4, -0.2) is 58.4 Å². The Hall–Kier alpha value is -3.69. The molecule has 0 bridgehead atoms. The van der Waals surface area contributed by atoms with Crippen molar-refractivity contribution in [3.63, 3.8) is 0 Å². The van der Waals surface area contributed by atoms with Gasteiger partial charge in [-0.25, -0.2) is 18.6 Å². The van der Waals surface area contributed by atoms with Crippen molar-refractivity contribution >= 4 is 29.0 Å². The first-order valence-corrected chi connectivity index (χ1v) is 12.6. The van der Waals surface area contributed by atoms with Gasteiger partial charge in [0.2, 0.25) is 5.95 Å². The summed E-state index contributed by atoms with van der Waals surface area (Å²) in [5, 5.41) is 9.64. The molecule has 10 heteroatoms. The molecular weight excluding hydrogens is 482 g/mol. The first kappa shape index (κ1) is 25.0. The molecule has 0 spiro atoms. The number of carboxylic acids is 1. The highest BCUT2D eigenvalue weighted by atomic mass is 19.2. The van der Waals surface area contributed by atoms with E-state index in [2.05, 4.69) is 4.90 Å². The van der Waals surface area contributed by atoms with Crippen LogP contribution in [0, 0.1) is 11.6 Å². The van der Waals surface area contributed by atoms with E-state index in [0.717, 1.165) is 72.6 Å². The highest BCUT2D eigenvalue weighted by molar-refractivity contribution is 5.84. The summed E-state index contributed by atoms with van der Waals surface area (Å²) in [5.74, 6) is -2.87. The zero-order chi connectivity index (χ0) is 26.1. The lowest BCUT2D eigenvalue weighted by atomic mass is 9.95. The fourth-order valence-corrected chi connectivity index (χ4v) is 5.50. The maximum Gasteiger partial charge on any atom is 0.409 e. The van der Waals surface area contributed by atoms with Gasteiger partial charge in [0.15, 0.2) is 11.6 Å². The van der Waals surface area contributed by atoms with Gasteiger partial charge in [0.05, 0.1) is 31.1 Å². The lowest BCUT2D eigenvalue weighted by molar-refractivity contribution is -0.137. The number of amides is 1. The van der Waals surface area contributed by atoms with E-state index in [-0.39, 0.29) is 13.0 Å². The van der Waals surface area contributed by atoms with Crippen molar-refractivity contribution in [3.8, 4) is 0 Å². The number of carbonyl (C=O) groups is 2. The van der Waals surface area contributed by atoms with E-state index in [4.69, 9.17) is 9.72 Å². The molecule has 8 nitrogen and oxygen atoms in total. The number of methoxy groups -OCH3 is 1. The van der Waals surface area contributed by atoms with Gasteiger partial charge in [-0.1, -0.05) is 12.1 Å². The number of halogens is 2. The Morgan fingerprint density at radius 1 is 1.08 bits per heavy atom. The average molecular weight is 513 g/mol. The van der Waals surface area contributed by atoms with Crippen LogP contribution in [-0.2, 0) is 29.0 Å². The van der Waals surface area contributed by atoms with Crippen molar-refractivity contribution in [1.29, 1.82) is 0 Å². The van der Waals surface area contributed by atoms with Crippen LogP contribution in [0.15, 0.2) is 30.3 Å². The number of aliphatic carboxylic acids is 1. The Bertz CT molecular complexity index is 1340. The summed E-state index contributed by atoms with van der Waals surface area (Å²) in [7, 11) is 1.36. The summed E-state index contributed by atoms with van der Waals surface area (Å²) in [6.07, 6.45) is 3.24. The molecule has 1 saturated heterocycles. The summed E-state index contributed by atoms with van der Waals surface area (Å²) >= 11 is 0. The predicted molar refractivity (Wildman–Crippen MR) is 134 cm³/mol. The monoisotopic (exact) mass is 512 g/mol. The van der Waals surface area contributed by atoms with Gasteiger partial charge < -0.3 is 24.2 Å². The molecule has 1 amide bonds. The minimum atomic E-state index is -1.02. The Labute approximate surface area is 213 Å². The number of piperidine rings is 1. The highest BCUT2D eigenvalue weighted by Crippen LogP contribution is 2.35. The molecule has 3 heterocycles. The molecule has 2 aliphatic rings. The molecule has 196 valence electrons. The fraction of sp³-hybridized carbons (Fsp3) is 0.444. The number of fused-ring (bicyclic) bond motifs is 3. The molecule has 0 unspecified atom stereocenters. The molecule has 0 radical (unpaired) electrons. The highest BCUT2D eigenvalue weighted by Gasteiger charge is 2.29. The van der Waals surface area contributed by atoms with E-state index < -0.39 is 29.6 Å². The minimum absolute atomic E-state index is 0.235. The van der Waals surface area contributed by atoms with Crippen molar-refractivity contribution in [2.45, 2.75) is 51.1 Å². The number of hydrogen-bond acceptors (Lipinski definition) is 5. The second-order valence-electron chi connectivity index (χ2n) is 9.75. The maximum atomic E-state index is 14.1. The molecule has 1 atom stereocenters. The van der Waals surface area contributed by atoms with Gasteiger partial charge in [-0.05, 0) is 55.0 Å². The van der Waals surface area contributed by atoms with Gasteiger partial charge in [0.25, 0.3) is 0 Å². The largest absolute Gasteiger partial charge is 0.481 e. The molecule has 0 aliphatic carbocycles. The van der Waals surface area contributed by atoms with Crippen LogP contribution in [0.4, 0.5) is 19.5 Å². The number of anilines is 1. The van der Waals surface area contributed by atoms with E-state index in [9.17, 15) is 23.5 Å². The van der Waals surface area contributed by atoms with Crippen LogP contribution >= 0.6 is 0 Å². The lowest BCUT2D eigenvalue weighted by Crippen LogP contribution is -2.35. The van der Waals surface area contributed by atoms with E-state index in [1.165, 1.54) is 13.2 Å². The Morgan fingerprint density at radius 2 is 1.86 bits per heavy atom. The summed E-state index contributed by atoms with van der Waals surface area (Å²) in [5.41, 5.74) is 4.08. The van der Waals surface area contributed by atoms with Crippen LogP contribution in [0.1, 0.15) is 48.3 Å². The number of carbonyl (C=O) groups excluding carboxylic acids is 1. The van der Waals surface area contributed by atoms with Crippen LogP contribution in [0.25, 0.3) is 11.0 Å². The SMILES string of the molecule is COC(=O)N1CCc2ccc3c(nc(N4CCCCC4)n3C[C@@H](CC(=O)O)c3ccc(F)c(F)c3)c2C1. The summed E-state index contributed by atoms with van der Waals surface area (Å²) in [4.78, 5) is 32.9. The Kier molecular flexibility index (Phi) is 6.99. The van der Waals surface area contributed by atoms with Gasteiger partial charge in [-0.15, -0.1) is 0 Å². The molecule has 1 fully saturated rings. The third-order valence-electron chi connectivity index (χ3n) is 7.41. The van der Waals surface area contributed by atoms with E-state index >= 15 is 0 Å². The predicted octanol–water partition coefficient (Wildman–Crippen LogP) is 4.69. The molecule has 1 N–H and O–H groups in total. The topological polar surface area (TPSA) is 87.9 Å². The molecule has 5 rings (SSSR count). The zero-order valence-corrected chi connectivity index (χ0v) is 20.8. The Morgan fingerprint density at radius 3 is 2.57 bits per heavy atom. The van der Waals surface area contributed by atoms with Gasteiger partial charge in [-0.2, -0.15) is 0 Å². The number of nitrogens with zero attached hydrogens (tertiary/aromatic N) is 4. The maximum absolute atomic E-state index is 14.1. The van der Waals surface area contributed by atoms with E-state index in [1.807, 2.05) is 16.7 Å². The molecular formula is C27H30F2N4O4. The van der Waals surface area contributed by atoms with Crippen LogP contribution < -0.4 is 4.90 Å². The summed E-state index contributed by atoms with van der Waals surface area (Å²) < 4.78 is 34.7. The molecule has 2 aliphatic heterocycles. The number of imidazole rings is 1. The number of carboxylic acid groups (broad SMARTS) is 1. The van der Waals surface area contributed by atoms with Gasteiger partial charge in [-0.3, -0.25) is 4.79 Å². The number of ether oxygens (including phenoxy) is 1. The van der Waals surface area contributed by atoms with Crippen LogP contribution in [0.2, 0.25) is 0 Å². The molecule has 37 heavy (non-hydrogen) atoms. The van der Waals surface area contributed by atoms with Gasteiger partial charge >= 0.3 is 12.1 Å². The number of rotatable bonds is 6. The van der Waals surface area contributed by atoms with Crippen molar-refractivity contribution < 1.29 is 28.2 Å². The van der Waals surface area contributed by atoms with Crippen molar-refractivity contribution in [1.82, 2.24) is 14.5 Å². The molecule has 2 aromatic carbocycles. The van der Waals surface area contributed by atoms with Crippen molar-refractivity contribution in [2.75, 3.05) is 31.6 Å².